The summed E-state index contributed by atoms with van der Waals surface area (Å²) in [6.07, 6.45) is 1.31. The molecule has 1 aromatic rings. The van der Waals surface area contributed by atoms with Gasteiger partial charge in [0.1, 0.15) is 11.1 Å². The highest BCUT2D eigenvalue weighted by Crippen LogP contribution is 2.26. The second kappa shape index (κ2) is 4.69. The smallest absolute Gasteiger partial charge is 0.122 e. The lowest BCUT2D eigenvalue weighted by Crippen LogP contribution is -1.97. The summed E-state index contributed by atoms with van der Waals surface area (Å²) in [7, 11) is 0. The fourth-order valence-corrected chi connectivity index (χ4v) is 1.86. The van der Waals surface area contributed by atoms with Crippen LogP contribution in [0.5, 0.6) is 0 Å². The van der Waals surface area contributed by atoms with Crippen LogP contribution < -0.4 is 0 Å². The summed E-state index contributed by atoms with van der Waals surface area (Å²) < 4.78 is 5.39. The van der Waals surface area contributed by atoms with Gasteiger partial charge in [0, 0.05) is 12.8 Å². The van der Waals surface area contributed by atoms with E-state index in [1.165, 1.54) is 11.3 Å². The number of aliphatic hydroxyl groups is 1. The predicted octanol–water partition coefficient (Wildman–Crippen LogP) is 2.29. The maximum atomic E-state index is 9.28. The van der Waals surface area contributed by atoms with Crippen molar-refractivity contribution in [2.24, 2.45) is 0 Å². The molecule has 1 rings (SSSR count). The summed E-state index contributed by atoms with van der Waals surface area (Å²) in [5, 5.41) is 10.2. The van der Waals surface area contributed by atoms with E-state index in [1.54, 1.807) is 13.1 Å². The van der Waals surface area contributed by atoms with Gasteiger partial charge >= 0.3 is 0 Å². The molecular formula is C9H15NO2S. The second-order valence-corrected chi connectivity index (χ2v) is 3.97. The monoisotopic (exact) mass is 201 g/mol. The van der Waals surface area contributed by atoms with Crippen molar-refractivity contribution in [3.05, 3.63) is 16.1 Å². The Kier molecular flexibility index (Phi) is 3.84. The predicted molar refractivity (Wildman–Crippen MR) is 52.8 cm³/mol. The van der Waals surface area contributed by atoms with Gasteiger partial charge in [-0.2, -0.15) is 0 Å². The van der Waals surface area contributed by atoms with E-state index in [4.69, 9.17) is 4.74 Å². The zero-order valence-electron chi connectivity index (χ0n) is 8.15. The molecule has 4 heteroatoms. The van der Waals surface area contributed by atoms with Crippen LogP contribution in [0.1, 0.15) is 42.9 Å². The third-order valence-electron chi connectivity index (χ3n) is 1.72. The molecule has 0 saturated carbocycles. The first-order valence-electron chi connectivity index (χ1n) is 4.40. The number of rotatable bonds is 4. The summed E-state index contributed by atoms with van der Waals surface area (Å²) in [6, 6.07) is 0. The molecule has 1 N–H and O–H groups in total. The third kappa shape index (κ3) is 2.76. The first kappa shape index (κ1) is 10.6. The number of hydrogen-bond acceptors (Lipinski definition) is 4. The Bertz CT molecular complexity index is 260. The van der Waals surface area contributed by atoms with E-state index in [1.807, 2.05) is 13.8 Å². The van der Waals surface area contributed by atoms with Crippen LogP contribution in [0.4, 0.5) is 0 Å². The molecule has 13 heavy (non-hydrogen) atoms. The van der Waals surface area contributed by atoms with Crippen LogP contribution >= 0.6 is 11.3 Å². The van der Waals surface area contributed by atoms with E-state index >= 15 is 0 Å². The van der Waals surface area contributed by atoms with Gasteiger partial charge in [-0.3, -0.25) is 0 Å². The van der Waals surface area contributed by atoms with E-state index in [-0.39, 0.29) is 6.10 Å². The van der Waals surface area contributed by atoms with Crippen LogP contribution in [0.25, 0.3) is 0 Å². The van der Waals surface area contributed by atoms with Crippen molar-refractivity contribution in [3.8, 4) is 0 Å². The van der Waals surface area contributed by atoms with Gasteiger partial charge < -0.3 is 9.84 Å². The first-order valence-corrected chi connectivity index (χ1v) is 5.22. The molecule has 0 amide bonds. The molecule has 0 saturated heterocycles. The molecule has 0 aliphatic rings. The van der Waals surface area contributed by atoms with Crippen LogP contribution in [0.15, 0.2) is 6.20 Å². The molecule has 0 spiro atoms. The SMILES string of the molecule is CCOC(C)c1ncc(C(C)O)s1. The van der Waals surface area contributed by atoms with Gasteiger partial charge in [-0.25, -0.2) is 4.98 Å². The lowest BCUT2D eigenvalue weighted by molar-refractivity contribution is 0.0762. The minimum absolute atomic E-state index is 0.0301. The molecule has 3 nitrogen and oxygen atoms in total. The molecule has 2 atom stereocenters. The Morgan fingerprint density at radius 2 is 2.31 bits per heavy atom. The third-order valence-corrected chi connectivity index (χ3v) is 3.05. The molecule has 2 unspecified atom stereocenters. The van der Waals surface area contributed by atoms with Crippen LogP contribution in [-0.4, -0.2) is 16.7 Å². The lowest BCUT2D eigenvalue weighted by Gasteiger charge is -2.06. The molecule has 0 aliphatic carbocycles. The van der Waals surface area contributed by atoms with Gasteiger partial charge in [-0.15, -0.1) is 11.3 Å². The van der Waals surface area contributed by atoms with Crippen LogP contribution in [0.2, 0.25) is 0 Å². The Morgan fingerprint density at radius 1 is 1.62 bits per heavy atom. The summed E-state index contributed by atoms with van der Waals surface area (Å²) in [5.41, 5.74) is 0. The van der Waals surface area contributed by atoms with Gasteiger partial charge in [0.2, 0.25) is 0 Å². The van der Waals surface area contributed by atoms with E-state index in [2.05, 4.69) is 4.98 Å². The molecule has 0 radical (unpaired) electrons. The van der Waals surface area contributed by atoms with Crippen LogP contribution in [-0.2, 0) is 4.74 Å². The molecular weight excluding hydrogens is 186 g/mol. The standard InChI is InChI=1S/C9H15NO2S/c1-4-12-7(3)9-10-5-8(13-9)6(2)11/h5-7,11H,4H2,1-3H3. The topological polar surface area (TPSA) is 42.4 Å². The number of nitrogens with zero attached hydrogens (tertiary/aromatic N) is 1. The van der Waals surface area contributed by atoms with Crippen LogP contribution in [0.3, 0.4) is 0 Å². The second-order valence-electron chi connectivity index (χ2n) is 2.87. The molecule has 0 bridgehead atoms. The van der Waals surface area contributed by atoms with E-state index in [0.717, 1.165) is 9.88 Å². The van der Waals surface area contributed by atoms with Gasteiger partial charge in [0.25, 0.3) is 0 Å². The van der Waals surface area contributed by atoms with Crippen molar-refractivity contribution in [1.29, 1.82) is 0 Å². The quantitative estimate of drug-likeness (QED) is 0.812. The molecule has 74 valence electrons. The van der Waals surface area contributed by atoms with Crippen molar-refractivity contribution in [1.82, 2.24) is 4.98 Å². The Morgan fingerprint density at radius 3 is 2.77 bits per heavy atom. The normalized spacial score (nSPS) is 15.7. The molecule has 0 fully saturated rings. The largest absolute Gasteiger partial charge is 0.388 e. The maximum absolute atomic E-state index is 9.28. The summed E-state index contributed by atoms with van der Waals surface area (Å²) in [5.74, 6) is 0. The Hall–Kier alpha value is -0.450. The fraction of sp³-hybridized carbons (Fsp3) is 0.667. The zero-order valence-corrected chi connectivity index (χ0v) is 8.97. The van der Waals surface area contributed by atoms with Gasteiger partial charge in [0.05, 0.1) is 11.0 Å². The van der Waals surface area contributed by atoms with Crippen molar-refractivity contribution in [3.63, 3.8) is 0 Å². The van der Waals surface area contributed by atoms with Gasteiger partial charge in [-0.05, 0) is 20.8 Å². The molecule has 0 aromatic carbocycles. The van der Waals surface area contributed by atoms with Gasteiger partial charge in [0.15, 0.2) is 0 Å². The maximum Gasteiger partial charge on any atom is 0.122 e. The average molecular weight is 201 g/mol. The number of hydrogen-bond donors (Lipinski definition) is 1. The number of aliphatic hydroxyl groups excluding tert-OH is 1. The highest BCUT2D eigenvalue weighted by Gasteiger charge is 2.12. The summed E-state index contributed by atoms with van der Waals surface area (Å²) in [4.78, 5) is 5.08. The van der Waals surface area contributed by atoms with Gasteiger partial charge in [-0.1, -0.05) is 0 Å². The first-order chi connectivity index (χ1) is 6.15. The number of thiazole rings is 1. The highest BCUT2D eigenvalue weighted by atomic mass is 32.1. The Balaban J connectivity index is 2.67. The summed E-state index contributed by atoms with van der Waals surface area (Å²) in [6.45, 7) is 6.35. The van der Waals surface area contributed by atoms with E-state index < -0.39 is 6.10 Å². The number of aromatic nitrogens is 1. The van der Waals surface area contributed by atoms with E-state index in [0.29, 0.717) is 6.61 Å². The minimum Gasteiger partial charge on any atom is -0.388 e. The zero-order chi connectivity index (χ0) is 9.84. The van der Waals surface area contributed by atoms with E-state index in [9.17, 15) is 5.11 Å². The van der Waals surface area contributed by atoms with Crippen molar-refractivity contribution in [2.45, 2.75) is 33.0 Å². The summed E-state index contributed by atoms with van der Waals surface area (Å²) >= 11 is 1.50. The minimum atomic E-state index is -0.430. The van der Waals surface area contributed by atoms with Crippen LogP contribution in [0, 0.1) is 0 Å². The molecule has 1 aromatic heterocycles. The van der Waals surface area contributed by atoms with Crippen molar-refractivity contribution >= 4 is 11.3 Å². The lowest BCUT2D eigenvalue weighted by atomic mass is 10.4. The average Bonchev–Trinajstić information content (AvgIpc) is 2.52. The molecule has 1 heterocycles. The fourth-order valence-electron chi connectivity index (χ4n) is 1.00. The Labute approximate surface area is 82.4 Å². The van der Waals surface area contributed by atoms with Crippen molar-refractivity contribution < 1.29 is 9.84 Å². The van der Waals surface area contributed by atoms with Crippen molar-refractivity contribution in [2.75, 3.05) is 6.61 Å². The highest BCUT2D eigenvalue weighted by molar-refractivity contribution is 7.11. The molecule has 0 aliphatic heterocycles. The number of ether oxygens (including phenoxy) is 1.